The summed E-state index contributed by atoms with van der Waals surface area (Å²) in [6, 6.07) is 20.8. The van der Waals surface area contributed by atoms with Gasteiger partial charge in [0.1, 0.15) is 24.8 Å². The van der Waals surface area contributed by atoms with Crippen molar-refractivity contribution in [1.29, 1.82) is 5.41 Å². The number of carbonyl (C=O) groups is 2. The Morgan fingerprint density at radius 2 is 1.98 bits per heavy atom. The van der Waals surface area contributed by atoms with E-state index >= 15 is 0 Å². The molecule has 0 fully saturated rings. The number of aliphatic hydroxyl groups is 1. The van der Waals surface area contributed by atoms with Crippen molar-refractivity contribution in [2.75, 3.05) is 26.7 Å². The van der Waals surface area contributed by atoms with Gasteiger partial charge in [-0.25, -0.2) is 0 Å². The molecule has 2 aromatic heterocycles. The Morgan fingerprint density at radius 3 is 2.67 bits per heavy atom. The van der Waals surface area contributed by atoms with Crippen LogP contribution in [0.15, 0.2) is 77.1 Å². The van der Waals surface area contributed by atoms with Gasteiger partial charge < -0.3 is 19.7 Å². The lowest BCUT2D eigenvalue weighted by Gasteiger charge is -2.28. The number of hydrogen-bond donors (Lipinski definition) is 3. The number of benzene rings is 2. The van der Waals surface area contributed by atoms with Crippen molar-refractivity contribution in [2.45, 2.75) is 30.1 Å². The molecular formula is C30H33N5O3S2. The molecule has 0 aliphatic heterocycles. The number of nitrogens with one attached hydrogen (secondary N) is 2. The Labute approximate surface area is 242 Å². The first kappa shape index (κ1) is 29.4. The van der Waals surface area contributed by atoms with E-state index < -0.39 is 18.6 Å². The maximum Gasteiger partial charge on any atom is 0.249 e. The van der Waals surface area contributed by atoms with Crippen LogP contribution in [0.2, 0.25) is 0 Å². The molecule has 1 atom stereocenters. The molecule has 3 N–H and O–H groups in total. The van der Waals surface area contributed by atoms with Crippen molar-refractivity contribution in [2.24, 2.45) is 0 Å². The largest absolute Gasteiger partial charge is 0.387 e. The third-order valence-electron chi connectivity index (χ3n) is 6.52. The third kappa shape index (κ3) is 7.76. The summed E-state index contributed by atoms with van der Waals surface area (Å²) in [5, 5.41) is 19.3. The van der Waals surface area contributed by atoms with Gasteiger partial charge in [-0.2, -0.15) is 0 Å². The summed E-state index contributed by atoms with van der Waals surface area (Å²) in [6.45, 7) is 2.44. The monoisotopic (exact) mass is 575 g/mol. The van der Waals surface area contributed by atoms with Gasteiger partial charge in [0.15, 0.2) is 0 Å². The fraction of sp³-hybridized carbons (Fsp3) is 0.267. The van der Waals surface area contributed by atoms with Gasteiger partial charge in [0, 0.05) is 55.3 Å². The van der Waals surface area contributed by atoms with Gasteiger partial charge in [0.25, 0.3) is 0 Å². The predicted octanol–water partition coefficient (Wildman–Crippen LogP) is 4.29. The zero-order valence-corrected chi connectivity index (χ0v) is 24.2. The number of carbonyl (C=O) groups excluding carboxylic acids is 2. The number of rotatable bonds is 13. The van der Waals surface area contributed by atoms with Gasteiger partial charge in [0.2, 0.25) is 5.91 Å². The van der Waals surface area contributed by atoms with Crippen LogP contribution in [-0.4, -0.2) is 70.7 Å². The van der Waals surface area contributed by atoms with Crippen LogP contribution >= 0.6 is 23.3 Å². The lowest BCUT2D eigenvalue weighted by atomic mass is 10.1. The van der Waals surface area contributed by atoms with Gasteiger partial charge >= 0.3 is 0 Å². The number of hydrogen-bond acceptors (Lipinski definition) is 8. The van der Waals surface area contributed by atoms with Crippen molar-refractivity contribution in [3.63, 3.8) is 0 Å². The molecule has 1 unspecified atom stereocenters. The number of likely N-dealkylation sites (N-methyl/N-ethyl adjacent to an activating group) is 1. The van der Waals surface area contributed by atoms with Crippen molar-refractivity contribution in [3.8, 4) is 0 Å². The number of amidine groups is 1. The molecule has 0 bridgehead atoms. The van der Waals surface area contributed by atoms with E-state index in [0.29, 0.717) is 12.4 Å². The summed E-state index contributed by atoms with van der Waals surface area (Å²) in [7, 11) is 1.88. The summed E-state index contributed by atoms with van der Waals surface area (Å²) in [4.78, 5) is 32.2. The van der Waals surface area contributed by atoms with E-state index in [1.165, 1.54) is 32.5 Å². The van der Waals surface area contributed by atoms with E-state index in [4.69, 9.17) is 5.41 Å². The molecule has 4 aromatic rings. The fourth-order valence-electron chi connectivity index (χ4n) is 4.20. The Balaban J connectivity index is 1.35. The van der Waals surface area contributed by atoms with Crippen LogP contribution in [0.1, 0.15) is 22.4 Å². The molecule has 1 amide bonds. The number of aldehydes is 1. The standard InChI is InChI=1S/C30H33N5O3S2/c1-21-6-9-24-16-29(39-27(24)15-21)40-33-17-26(19-36)35(28(38)20-37)18-22-7-10-23(11-8-22)30(31)34(2)14-12-25-5-3-4-13-32-25/h3-11,13,15-16,19,26,31,33,37H,12,14,17-18,20H2,1-2H3. The van der Waals surface area contributed by atoms with E-state index in [1.54, 1.807) is 17.5 Å². The summed E-state index contributed by atoms with van der Waals surface area (Å²) in [5.41, 5.74) is 3.72. The molecule has 10 heteroatoms. The Hall–Kier alpha value is -3.57. The first-order valence-electron chi connectivity index (χ1n) is 12.9. The topological polar surface area (TPSA) is 110 Å². The number of nitrogens with zero attached hydrogens (tertiary/aromatic N) is 3. The highest BCUT2D eigenvalue weighted by atomic mass is 32.2. The molecule has 0 radical (unpaired) electrons. The van der Waals surface area contributed by atoms with Crippen LogP contribution in [0.5, 0.6) is 0 Å². The van der Waals surface area contributed by atoms with Crippen molar-refractivity contribution >= 4 is 51.4 Å². The van der Waals surface area contributed by atoms with E-state index in [-0.39, 0.29) is 13.1 Å². The molecule has 40 heavy (non-hydrogen) atoms. The molecule has 0 aliphatic carbocycles. The van der Waals surface area contributed by atoms with Crippen LogP contribution in [0.4, 0.5) is 0 Å². The van der Waals surface area contributed by atoms with Crippen LogP contribution in [0.25, 0.3) is 10.1 Å². The van der Waals surface area contributed by atoms with Gasteiger partial charge in [-0.3, -0.25) is 19.9 Å². The zero-order chi connectivity index (χ0) is 28.5. The lowest BCUT2D eigenvalue weighted by Crippen LogP contribution is -2.46. The Kier molecular flexibility index (Phi) is 10.4. The first-order chi connectivity index (χ1) is 19.4. The van der Waals surface area contributed by atoms with Crippen molar-refractivity contribution < 1.29 is 14.7 Å². The average Bonchev–Trinajstić information content (AvgIpc) is 3.39. The molecule has 2 aromatic carbocycles. The number of fused-ring (bicyclic) bond motifs is 1. The molecule has 0 aliphatic rings. The lowest BCUT2D eigenvalue weighted by molar-refractivity contribution is -0.139. The van der Waals surface area contributed by atoms with E-state index in [1.807, 2.05) is 54.4 Å². The van der Waals surface area contributed by atoms with Crippen LogP contribution < -0.4 is 4.72 Å². The second-order valence-electron chi connectivity index (χ2n) is 9.48. The summed E-state index contributed by atoms with van der Waals surface area (Å²) < 4.78 is 5.48. The molecular weight excluding hydrogens is 542 g/mol. The van der Waals surface area contributed by atoms with E-state index in [2.05, 4.69) is 40.9 Å². The highest BCUT2D eigenvalue weighted by Gasteiger charge is 2.23. The smallest absolute Gasteiger partial charge is 0.249 e. The minimum Gasteiger partial charge on any atom is -0.387 e. The average molecular weight is 576 g/mol. The first-order valence-corrected chi connectivity index (χ1v) is 14.6. The van der Waals surface area contributed by atoms with E-state index in [9.17, 15) is 14.7 Å². The maximum atomic E-state index is 12.6. The molecule has 0 saturated carbocycles. The van der Waals surface area contributed by atoms with Crippen molar-refractivity contribution in [3.05, 3.63) is 95.3 Å². The Morgan fingerprint density at radius 1 is 1.18 bits per heavy atom. The fourth-order valence-corrected chi connectivity index (χ4v) is 6.29. The molecule has 0 spiro atoms. The molecule has 4 rings (SSSR count). The van der Waals surface area contributed by atoms with E-state index in [0.717, 1.165) is 33.7 Å². The Bertz CT molecular complexity index is 1440. The SMILES string of the molecule is Cc1ccc2cc(SNCC(C=O)N(Cc3ccc(C(=N)N(C)CCc4ccccn4)cc3)C(=O)CO)sc2c1. The summed E-state index contributed by atoms with van der Waals surface area (Å²) in [5.74, 6) is -0.138. The van der Waals surface area contributed by atoms with Crippen LogP contribution in [-0.2, 0) is 22.6 Å². The molecule has 2 heterocycles. The predicted molar refractivity (Wildman–Crippen MR) is 162 cm³/mol. The molecule has 8 nitrogen and oxygen atoms in total. The second kappa shape index (κ2) is 14.2. The third-order valence-corrected chi connectivity index (χ3v) is 8.55. The highest BCUT2D eigenvalue weighted by Crippen LogP contribution is 2.32. The van der Waals surface area contributed by atoms with Gasteiger partial charge in [-0.05, 0) is 59.7 Å². The van der Waals surface area contributed by atoms with Crippen LogP contribution in [0, 0.1) is 12.3 Å². The maximum absolute atomic E-state index is 12.6. The summed E-state index contributed by atoms with van der Waals surface area (Å²) >= 11 is 3.09. The van der Waals surface area contributed by atoms with Crippen molar-refractivity contribution in [1.82, 2.24) is 19.5 Å². The summed E-state index contributed by atoms with van der Waals surface area (Å²) in [6.07, 6.45) is 3.23. The van der Waals surface area contributed by atoms with Gasteiger partial charge in [-0.15, -0.1) is 11.3 Å². The minimum atomic E-state index is -0.750. The highest BCUT2D eigenvalue weighted by molar-refractivity contribution is 7.99. The number of amides is 1. The number of aryl methyl sites for hydroxylation is 1. The van der Waals surface area contributed by atoms with Crippen LogP contribution in [0.3, 0.4) is 0 Å². The number of thiophene rings is 1. The van der Waals surface area contributed by atoms with Gasteiger partial charge in [0.05, 0.1) is 4.21 Å². The normalized spacial score (nSPS) is 11.8. The number of pyridine rings is 1. The molecule has 0 saturated heterocycles. The molecule has 208 valence electrons. The number of aromatic nitrogens is 1. The zero-order valence-electron chi connectivity index (χ0n) is 22.5. The number of aliphatic hydroxyl groups excluding tert-OH is 1. The second-order valence-corrected chi connectivity index (χ2v) is 11.8. The van der Waals surface area contributed by atoms with Gasteiger partial charge in [-0.1, -0.05) is 42.5 Å². The minimum absolute atomic E-state index is 0.167. The quantitative estimate of drug-likeness (QED) is 0.0944.